The van der Waals surface area contributed by atoms with Crippen LogP contribution in [0.15, 0.2) is 241 Å². The molecule has 2 heteroatoms. The van der Waals surface area contributed by atoms with Crippen LogP contribution in [0.2, 0.25) is 0 Å². The summed E-state index contributed by atoms with van der Waals surface area (Å²) < 4.78 is 0. The first-order valence-corrected chi connectivity index (χ1v) is 30.2. The largest absolute Gasteiger partial charge is 0.311 e. The zero-order valence-electron chi connectivity index (χ0n) is 43.7. The van der Waals surface area contributed by atoms with E-state index in [0.717, 1.165) is 0 Å². The number of allylic oxidation sites excluding steroid dienone is 12. The molecule has 0 heterocycles. The Balaban J connectivity index is 0.861. The van der Waals surface area contributed by atoms with E-state index < -0.39 is 0 Å². The minimum atomic E-state index is -0.308. The molecule has 15 aliphatic carbocycles. The molecule has 2 spiro atoms. The highest BCUT2D eigenvalue weighted by Gasteiger charge is 2.99. The molecule has 0 radical (unpaired) electrons. The highest BCUT2D eigenvalue weighted by molar-refractivity contribution is 6.23. The molecule has 2 nitrogen and oxygen atoms in total. The molecule has 8 aromatic carbocycles. The lowest BCUT2D eigenvalue weighted by molar-refractivity contribution is 0.186. The molecule has 372 valence electrons. The fraction of sp³-hybridized carbons (Fsp3) is 0.247. The van der Waals surface area contributed by atoms with Gasteiger partial charge in [-0.2, -0.15) is 0 Å². The van der Waals surface area contributed by atoms with Gasteiger partial charge in [0.15, 0.2) is 0 Å². The standard InChI is InChI=1S/C77H54N2/c1-5-13-41(14-6-1)78(42-15-7-2-8-16-42)45-25-21-39(22-26-45)75(40-23-27-46(28-24-40)79(43-17-9-3-10-18-43)44-19-11-4-12-20-44)76-55-37-38-56-54-36-34-52-50-32-30-48-47-29-31-49-51-33-35-53(55)63-61(51)66-59(49)57(47)65-58(48)60(50)67-62(52)64(54)74(77(56,75)76)72-70(67)68(65)69(66)71(72)73(63)76/h1-36,47-51,53,55-61,63H,37-38H2. The maximum absolute atomic E-state index is 2.90. The summed E-state index contributed by atoms with van der Waals surface area (Å²) in [6.45, 7) is 0. The van der Waals surface area contributed by atoms with Crippen molar-refractivity contribution in [1.29, 1.82) is 0 Å². The monoisotopic (exact) mass is 1010 g/mol. The Kier molecular flexibility index (Phi) is 6.49. The van der Waals surface area contributed by atoms with E-state index in [4.69, 9.17) is 0 Å². The Bertz CT molecular complexity index is 4260. The smallest absolute Gasteiger partial charge is 0.0461 e. The van der Waals surface area contributed by atoms with Gasteiger partial charge >= 0.3 is 0 Å². The van der Waals surface area contributed by atoms with E-state index in [1.54, 1.807) is 33.0 Å². The Labute approximate surface area is 460 Å². The summed E-state index contributed by atoms with van der Waals surface area (Å²) in [7, 11) is 0. The third-order valence-electron chi connectivity index (χ3n) is 25.5. The van der Waals surface area contributed by atoms with E-state index in [1.807, 2.05) is 44.6 Å². The van der Waals surface area contributed by atoms with Crippen LogP contribution in [0.1, 0.15) is 75.1 Å². The van der Waals surface area contributed by atoms with Crippen LogP contribution < -0.4 is 9.80 Å². The lowest BCUT2D eigenvalue weighted by Gasteiger charge is -2.45. The second-order valence-corrected chi connectivity index (χ2v) is 26.9. The van der Waals surface area contributed by atoms with Crippen LogP contribution in [0.3, 0.4) is 0 Å². The first-order valence-electron chi connectivity index (χ1n) is 30.2. The molecule has 0 saturated heterocycles. The van der Waals surface area contributed by atoms with Gasteiger partial charge in [-0.15, -0.1) is 0 Å². The molecule has 0 aromatic heterocycles. The SMILES string of the molecule is C1=CC2C3C=CC4C5C=CC6C7C8=C9C%10=C(C4C3C3=C%10c4c9c9c%10c(ccc%11c%10c4C(C1%11)C32)C1CCC6C82C(c3ccc(N(c4ccccc4)c4ccccc4)cc3)(c3ccc(N(c4ccccc4)c4ccccc4)cc3)C912)C57. The van der Waals surface area contributed by atoms with Crippen molar-refractivity contribution in [3.05, 3.63) is 285 Å². The molecule has 5 fully saturated rings. The highest BCUT2D eigenvalue weighted by Crippen LogP contribution is 3.01. The van der Waals surface area contributed by atoms with Crippen LogP contribution in [0.4, 0.5) is 34.1 Å². The molecule has 23 rings (SSSR count). The van der Waals surface area contributed by atoms with Crippen LogP contribution >= 0.6 is 0 Å². The first-order chi connectivity index (χ1) is 39.3. The van der Waals surface area contributed by atoms with Crippen LogP contribution in [-0.4, -0.2) is 0 Å². The molecule has 16 unspecified atom stereocenters. The molecule has 0 aliphatic heterocycles. The van der Waals surface area contributed by atoms with Gasteiger partial charge in [-0.25, -0.2) is 0 Å². The van der Waals surface area contributed by atoms with Crippen molar-refractivity contribution in [1.82, 2.24) is 0 Å². The average Bonchev–Trinajstić information content (AvgIpc) is 1.39. The lowest BCUT2D eigenvalue weighted by atomic mass is 9.58. The molecular weight excluding hydrogens is 953 g/mol. The first kappa shape index (κ1) is 40.3. The van der Waals surface area contributed by atoms with Crippen molar-refractivity contribution in [3.8, 4) is 0 Å². The summed E-state index contributed by atoms with van der Waals surface area (Å²) in [5.41, 5.74) is 31.6. The maximum atomic E-state index is 2.90. The Hall–Kier alpha value is -7.94. The van der Waals surface area contributed by atoms with Gasteiger partial charge in [-0.05, 0) is 234 Å². The summed E-state index contributed by atoms with van der Waals surface area (Å²) in [6, 6.07) is 70.5. The molecular formula is C77H54N2. The van der Waals surface area contributed by atoms with Gasteiger partial charge in [0, 0.05) is 62.2 Å². The molecule has 16 atom stereocenters. The van der Waals surface area contributed by atoms with Crippen molar-refractivity contribution < 1.29 is 0 Å². The van der Waals surface area contributed by atoms with Crippen molar-refractivity contribution in [2.75, 3.05) is 9.80 Å². The van der Waals surface area contributed by atoms with Crippen LogP contribution in [0.5, 0.6) is 0 Å². The number of anilines is 6. The summed E-state index contributed by atoms with van der Waals surface area (Å²) in [6.07, 6.45) is 19.5. The van der Waals surface area contributed by atoms with E-state index in [9.17, 15) is 0 Å². The molecule has 15 aliphatic rings. The number of benzene rings is 8. The predicted molar refractivity (Wildman–Crippen MR) is 315 cm³/mol. The Morgan fingerprint density at radius 1 is 0.354 bits per heavy atom. The van der Waals surface area contributed by atoms with Gasteiger partial charge in [-0.3, -0.25) is 0 Å². The fourth-order valence-corrected chi connectivity index (χ4v) is 24.4. The van der Waals surface area contributed by atoms with Crippen molar-refractivity contribution >= 4 is 56.0 Å². The molecule has 0 amide bonds. The molecule has 79 heavy (non-hydrogen) atoms. The Morgan fingerprint density at radius 3 is 1.38 bits per heavy atom. The van der Waals surface area contributed by atoms with E-state index >= 15 is 0 Å². The minimum absolute atomic E-state index is 0.0814. The number of hydrogen-bond acceptors (Lipinski definition) is 2. The van der Waals surface area contributed by atoms with E-state index in [1.165, 1.54) is 58.1 Å². The summed E-state index contributed by atoms with van der Waals surface area (Å²) in [5.74, 6) is 8.06. The second kappa shape index (κ2) is 12.7. The molecule has 5 saturated carbocycles. The van der Waals surface area contributed by atoms with Crippen LogP contribution in [-0.2, 0) is 10.8 Å². The average molecular weight is 1010 g/mol. The van der Waals surface area contributed by atoms with Crippen molar-refractivity contribution in [2.24, 2.45) is 70.5 Å². The van der Waals surface area contributed by atoms with E-state index in [-0.39, 0.29) is 16.2 Å². The van der Waals surface area contributed by atoms with Gasteiger partial charge in [0.1, 0.15) is 0 Å². The zero-order valence-corrected chi connectivity index (χ0v) is 43.7. The summed E-state index contributed by atoms with van der Waals surface area (Å²) >= 11 is 0. The van der Waals surface area contributed by atoms with Gasteiger partial charge in [0.25, 0.3) is 0 Å². The molecule has 0 N–H and O–H groups in total. The zero-order chi connectivity index (χ0) is 50.3. The molecule has 0 bridgehead atoms. The third-order valence-corrected chi connectivity index (χ3v) is 25.5. The van der Waals surface area contributed by atoms with Crippen LogP contribution in [0, 0.1) is 70.5 Å². The predicted octanol–water partition coefficient (Wildman–Crippen LogP) is 17.5. The minimum Gasteiger partial charge on any atom is -0.311 e. The topological polar surface area (TPSA) is 6.48 Å². The quantitative estimate of drug-likeness (QED) is 0.140. The van der Waals surface area contributed by atoms with Crippen molar-refractivity contribution in [2.45, 2.75) is 41.4 Å². The van der Waals surface area contributed by atoms with E-state index in [2.05, 4.69) is 228 Å². The maximum Gasteiger partial charge on any atom is 0.0461 e. The number of nitrogens with zero attached hydrogens (tertiary/aromatic N) is 2. The van der Waals surface area contributed by atoms with Gasteiger partial charge in [-0.1, -0.05) is 157 Å². The lowest BCUT2D eigenvalue weighted by Crippen LogP contribution is -2.36. The van der Waals surface area contributed by atoms with E-state index in [0.29, 0.717) is 82.9 Å². The number of para-hydroxylation sites is 4. The van der Waals surface area contributed by atoms with Crippen LogP contribution in [0.25, 0.3) is 21.9 Å². The summed E-state index contributed by atoms with van der Waals surface area (Å²) in [4.78, 5) is 4.95. The summed E-state index contributed by atoms with van der Waals surface area (Å²) in [5, 5.41) is 3.45. The fourth-order valence-electron chi connectivity index (χ4n) is 24.4. The highest BCUT2D eigenvalue weighted by atomic mass is 15.1. The van der Waals surface area contributed by atoms with Crippen molar-refractivity contribution in [3.63, 3.8) is 0 Å². The van der Waals surface area contributed by atoms with Gasteiger partial charge in [0.2, 0.25) is 0 Å². The van der Waals surface area contributed by atoms with Gasteiger partial charge in [0.05, 0.1) is 0 Å². The number of hydrogen-bond donors (Lipinski definition) is 0. The third kappa shape index (κ3) is 3.75. The number of fused-ring (bicyclic) bond motifs is 5. The van der Waals surface area contributed by atoms with Gasteiger partial charge < -0.3 is 9.80 Å². The molecule has 8 aromatic rings. The second-order valence-electron chi connectivity index (χ2n) is 26.9. The Morgan fingerprint density at radius 2 is 0.823 bits per heavy atom. The number of rotatable bonds is 8. The normalized spacial score (nSPS) is 36.9.